The monoisotopic (exact) mass is 627 g/mol. The molecule has 0 aromatic heterocycles. The molecule has 0 spiro atoms. The van der Waals surface area contributed by atoms with E-state index < -0.39 is 43.0 Å². The molecule has 1 fully saturated rings. The third-order valence-electron chi connectivity index (χ3n) is 7.45. The van der Waals surface area contributed by atoms with Gasteiger partial charge in [0.1, 0.15) is 23.4 Å². The van der Waals surface area contributed by atoms with Crippen molar-refractivity contribution in [2.75, 3.05) is 26.8 Å². The fourth-order valence-electron chi connectivity index (χ4n) is 5.30. The Bertz CT molecular complexity index is 1550. The van der Waals surface area contributed by atoms with Crippen molar-refractivity contribution in [3.8, 4) is 23.0 Å². The predicted octanol–water partition coefficient (Wildman–Crippen LogP) is 3.86. The molecule has 0 radical (unpaired) electrons. The van der Waals surface area contributed by atoms with Gasteiger partial charge in [0.2, 0.25) is 5.91 Å². The standard InChI is InChI=1S/C32H32F3N3O7/c1-42-27-8-6-19-7-9-29(39)36-16-20-12-21(33)15-22(13-20)44-26-10-11-38(17-24(26)37-30(40)18-43-28(27)14-19)31(41)23-4-2-3-5-25(23)45-32(34)35/h2-6,8,12-15,24,26,32H,7,9-11,16-18H2,1H3,(H,36,39)(H,37,40)/t24-,26-/m1/s1. The number of fused-ring (bicyclic) bond motifs is 5. The fourth-order valence-corrected chi connectivity index (χ4v) is 5.30. The van der Waals surface area contributed by atoms with Crippen LogP contribution in [0, 0.1) is 5.82 Å². The molecular formula is C32H32F3N3O7. The van der Waals surface area contributed by atoms with Crippen molar-refractivity contribution in [2.45, 2.75) is 44.6 Å². The number of nitrogens with one attached hydrogen (secondary N) is 2. The fraction of sp³-hybridized carbons (Fsp3) is 0.344. The van der Waals surface area contributed by atoms with Gasteiger partial charge < -0.3 is 34.5 Å². The van der Waals surface area contributed by atoms with Crippen LogP contribution < -0.4 is 29.6 Å². The summed E-state index contributed by atoms with van der Waals surface area (Å²) < 4.78 is 62.4. The number of nitrogens with zero attached hydrogens (tertiary/aromatic N) is 1. The van der Waals surface area contributed by atoms with Crippen LogP contribution in [-0.2, 0) is 22.6 Å². The van der Waals surface area contributed by atoms with Crippen molar-refractivity contribution in [3.63, 3.8) is 0 Å². The van der Waals surface area contributed by atoms with Crippen molar-refractivity contribution in [1.29, 1.82) is 0 Å². The molecule has 2 aliphatic rings. The van der Waals surface area contributed by atoms with E-state index in [-0.39, 0.29) is 55.4 Å². The summed E-state index contributed by atoms with van der Waals surface area (Å²) in [5, 5.41) is 5.64. The van der Waals surface area contributed by atoms with Crippen LogP contribution in [0.4, 0.5) is 13.2 Å². The van der Waals surface area contributed by atoms with Gasteiger partial charge in [-0.2, -0.15) is 8.78 Å². The largest absolute Gasteiger partial charge is 0.493 e. The van der Waals surface area contributed by atoms with Gasteiger partial charge in [0, 0.05) is 38.5 Å². The van der Waals surface area contributed by atoms with Crippen LogP contribution in [0.15, 0.2) is 60.7 Å². The second-order valence-corrected chi connectivity index (χ2v) is 10.6. The van der Waals surface area contributed by atoms with E-state index in [4.69, 9.17) is 14.2 Å². The highest BCUT2D eigenvalue weighted by atomic mass is 19.3. The summed E-state index contributed by atoms with van der Waals surface area (Å²) in [6, 6.07) is 14.1. The number of benzene rings is 3. The zero-order valence-electron chi connectivity index (χ0n) is 24.4. The van der Waals surface area contributed by atoms with Crippen LogP contribution in [0.1, 0.15) is 34.3 Å². The van der Waals surface area contributed by atoms with Gasteiger partial charge in [-0.3, -0.25) is 14.4 Å². The number of halogens is 3. The molecule has 0 aliphatic carbocycles. The number of likely N-dealkylation sites (tertiary alicyclic amines) is 1. The molecule has 3 aromatic rings. The van der Waals surface area contributed by atoms with E-state index in [9.17, 15) is 27.6 Å². The minimum absolute atomic E-state index is 0.0463. The van der Waals surface area contributed by atoms with Crippen LogP contribution in [0.2, 0.25) is 0 Å². The quantitative estimate of drug-likeness (QED) is 0.452. The summed E-state index contributed by atoms with van der Waals surface area (Å²) in [7, 11) is 1.46. The van der Waals surface area contributed by atoms with Gasteiger partial charge in [0.05, 0.1) is 18.7 Å². The molecule has 5 rings (SSSR count). The lowest BCUT2D eigenvalue weighted by Gasteiger charge is -2.39. The van der Waals surface area contributed by atoms with Crippen molar-refractivity contribution in [2.24, 2.45) is 0 Å². The normalized spacial score (nSPS) is 19.1. The second kappa shape index (κ2) is 14.2. The molecule has 2 atom stereocenters. The Morgan fingerprint density at radius 2 is 1.82 bits per heavy atom. The summed E-state index contributed by atoms with van der Waals surface area (Å²) in [6.45, 7) is -3.36. The topological polar surface area (TPSA) is 115 Å². The number of hydrogen-bond donors (Lipinski definition) is 2. The zero-order valence-corrected chi connectivity index (χ0v) is 24.4. The maximum Gasteiger partial charge on any atom is 0.387 e. The molecule has 4 bridgehead atoms. The van der Waals surface area contributed by atoms with E-state index >= 15 is 0 Å². The smallest absolute Gasteiger partial charge is 0.387 e. The number of rotatable bonds is 4. The Labute approximate surface area is 257 Å². The van der Waals surface area contributed by atoms with Gasteiger partial charge in [0.15, 0.2) is 18.1 Å². The number of hydrogen-bond acceptors (Lipinski definition) is 7. The maximum absolute atomic E-state index is 14.6. The van der Waals surface area contributed by atoms with Gasteiger partial charge in [-0.05, 0) is 53.9 Å². The highest BCUT2D eigenvalue weighted by Crippen LogP contribution is 2.29. The van der Waals surface area contributed by atoms with Crippen LogP contribution in [0.25, 0.3) is 0 Å². The SMILES string of the molecule is COc1ccc2cc1OCC(=O)N[C@@H]1CN(C(=O)c3ccccc3OC(F)F)CC[C@H]1Oc1cc(F)cc(c1)CNC(=O)CC2. The Hall–Kier alpha value is -4.94. The van der Waals surface area contributed by atoms with E-state index in [1.165, 1.54) is 48.4 Å². The molecule has 45 heavy (non-hydrogen) atoms. The molecular weight excluding hydrogens is 595 g/mol. The Balaban J connectivity index is 1.42. The molecule has 10 nitrogen and oxygen atoms in total. The molecule has 2 aliphatic heterocycles. The minimum atomic E-state index is -3.12. The molecule has 2 heterocycles. The second-order valence-electron chi connectivity index (χ2n) is 10.6. The van der Waals surface area contributed by atoms with E-state index in [2.05, 4.69) is 15.4 Å². The molecule has 13 heteroatoms. The van der Waals surface area contributed by atoms with E-state index in [1.54, 1.807) is 24.3 Å². The molecule has 0 saturated carbocycles. The Kier molecular flexibility index (Phi) is 9.95. The summed E-state index contributed by atoms with van der Waals surface area (Å²) in [5.41, 5.74) is 1.20. The first kappa shape index (κ1) is 31.5. The first-order valence-electron chi connectivity index (χ1n) is 14.3. The number of aryl methyl sites for hydroxylation is 1. The minimum Gasteiger partial charge on any atom is -0.493 e. The Morgan fingerprint density at radius 1 is 1.00 bits per heavy atom. The average molecular weight is 628 g/mol. The summed E-state index contributed by atoms with van der Waals surface area (Å²) in [6.07, 6.45) is 0.0671. The lowest BCUT2D eigenvalue weighted by Crippen LogP contribution is -2.58. The van der Waals surface area contributed by atoms with Crippen LogP contribution in [0.3, 0.4) is 0 Å². The van der Waals surface area contributed by atoms with Crippen LogP contribution in [-0.4, -0.2) is 68.2 Å². The average Bonchev–Trinajstić information content (AvgIpc) is 3.01. The first-order valence-corrected chi connectivity index (χ1v) is 14.3. The third kappa shape index (κ3) is 8.16. The molecule has 238 valence electrons. The number of para-hydroxylation sites is 1. The molecule has 1 saturated heterocycles. The van der Waals surface area contributed by atoms with Gasteiger partial charge >= 0.3 is 6.61 Å². The highest BCUT2D eigenvalue weighted by Gasteiger charge is 2.35. The number of alkyl halides is 2. The van der Waals surface area contributed by atoms with E-state index in [1.807, 2.05) is 0 Å². The van der Waals surface area contributed by atoms with E-state index in [0.29, 0.717) is 23.5 Å². The number of ether oxygens (including phenoxy) is 4. The summed E-state index contributed by atoms with van der Waals surface area (Å²) >= 11 is 0. The molecule has 0 unspecified atom stereocenters. The number of amides is 3. The lowest BCUT2D eigenvalue weighted by atomic mass is 10.00. The lowest BCUT2D eigenvalue weighted by molar-refractivity contribution is -0.125. The zero-order chi connectivity index (χ0) is 31.9. The third-order valence-corrected chi connectivity index (χ3v) is 7.45. The van der Waals surface area contributed by atoms with Crippen molar-refractivity contribution in [1.82, 2.24) is 15.5 Å². The Morgan fingerprint density at radius 3 is 2.62 bits per heavy atom. The summed E-state index contributed by atoms with van der Waals surface area (Å²) in [4.78, 5) is 40.6. The van der Waals surface area contributed by atoms with Gasteiger partial charge in [-0.25, -0.2) is 4.39 Å². The molecule has 2 N–H and O–H groups in total. The number of carbonyl (C=O) groups excluding carboxylic acids is 3. The van der Waals surface area contributed by atoms with Gasteiger partial charge in [-0.1, -0.05) is 18.2 Å². The highest BCUT2D eigenvalue weighted by molar-refractivity contribution is 5.97. The van der Waals surface area contributed by atoms with Crippen LogP contribution >= 0.6 is 0 Å². The van der Waals surface area contributed by atoms with Crippen molar-refractivity contribution in [3.05, 3.63) is 83.2 Å². The first-order chi connectivity index (χ1) is 21.7. The molecule has 3 aromatic carbocycles. The van der Waals surface area contributed by atoms with Gasteiger partial charge in [0.25, 0.3) is 11.8 Å². The number of methoxy groups -OCH3 is 1. The predicted molar refractivity (Wildman–Crippen MR) is 155 cm³/mol. The van der Waals surface area contributed by atoms with Crippen molar-refractivity contribution >= 4 is 17.7 Å². The summed E-state index contributed by atoms with van der Waals surface area (Å²) in [5.74, 6) is -1.30. The van der Waals surface area contributed by atoms with Crippen molar-refractivity contribution < 1.29 is 46.5 Å². The number of carbonyl (C=O) groups is 3. The van der Waals surface area contributed by atoms with Gasteiger partial charge in [-0.15, -0.1) is 0 Å². The van der Waals surface area contributed by atoms with E-state index in [0.717, 1.165) is 5.56 Å². The number of piperidine rings is 1. The van der Waals surface area contributed by atoms with Crippen LogP contribution in [0.5, 0.6) is 23.0 Å². The maximum atomic E-state index is 14.6. The molecule has 3 amide bonds.